The molecule has 5 nitrogen and oxygen atoms in total. The summed E-state index contributed by atoms with van der Waals surface area (Å²) < 4.78 is 0. The van der Waals surface area contributed by atoms with Gasteiger partial charge in [-0.05, 0) is 31.0 Å². The summed E-state index contributed by atoms with van der Waals surface area (Å²) in [7, 11) is 0. The van der Waals surface area contributed by atoms with Gasteiger partial charge in [-0.25, -0.2) is 0 Å². The minimum absolute atomic E-state index is 0.240. The van der Waals surface area contributed by atoms with Crippen LogP contribution in [0.4, 0.5) is 5.69 Å². The van der Waals surface area contributed by atoms with Crippen LogP contribution in [-0.4, -0.2) is 23.0 Å². The highest BCUT2D eigenvalue weighted by molar-refractivity contribution is 5.95. The van der Waals surface area contributed by atoms with Crippen LogP contribution in [0, 0.1) is 12.8 Å². The Hall–Kier alpha value is -2.30. The number of carboxylic acid groups (broad SMARTS) is 1. The number of aliphatic carboxylic acids is 1. The lowest BCUT2D eigenvalue weighted by molar-refractivity contribution is -0.140. The number of carboxylic acids is 1. The standard InChI is InChI=1S/C14H16N2O3/c1-8-2-3-9(7-12(8)15)13(17)16-11-5-4-10(6-11)14(18)19/h2-5,7,10-11H,6,15H2,1H3,(H,16,17)(H,18,19). The molecule has 0 aliphatic heterocycles. The van der Waals surface area contributed by atoms with Crippen molar-refractivity contribution in [3.8, 4) is 0 Å². The van der Waals surface area contributed by atoms with E-state index in [2.05, 4.69) is 5.32 Å². The van der Waals surface area contributed by atoms with Crippen LogP contribution in [0.3, 0.4) is 0 Å². The van der Waals surface area contributed by atoms with Gasteiger partial charge in [0.1, 0.15) is 0 Å². The van der Waals surface area contributed by atoms with Gasteiger partial charge < -0.3 is 16.2 Å². The number of aryl methyl sites for hydroxylation is 1. The van der Waals surface area contributed by atoms with E-state index in [-0.39, 0.29) is 11.9 Å². The van der Waals surface area contributed by atoms with Crippen LogP contribution in [0.1, 0.15) is 22.3 Å². The second-order valence-corrected chi connectivity index (χ2v) is 4.72. The number of benzene rings is 1. The Morgan fingerprint density at radius 3 is 2.68 bits per heavy atom. The smallest absolute Gasteiger partial charge is 0.310 e. The molecule has 2 unspecified atom stereocenters. The Balaban J connectivity index is 2.00. The molecule has 0 saturated heterocycles. The highest BCUT2D eigenvalue weighted by Gasteiger charge is 2.25. The summed E-state index contributed by atoms with van der Waals surface area (Å²) in [5.74, 6) is -1.63. The van der Waals surface area contributed by atoms with Gasteiger partial charge in [-0.3, -0.25) is 9.59 Å². The molecule has 0 fully saturated rings. The van der Waals surface area contributed by atoms with Gasteiger partial charge in [0.25, 0.3) is 5.91 Å². The molecule has 19 heavy (non-hydrogen) atoms. The SMILES string of the molecule is Cc1ccc(C(=O)NC2C=CC(C(=O)O)C2)cc1N. The maximum atomic E-state index is 12.0. The number of carbonyl (C=O) groups excluding carboxylic acids is 1. The van der Waals surface area contributed by atoms with Crippen molar-refractivity contribution < 1.29 is 14.7 Å². The van der Waals surface area contributed by atoms with Crippen molar-refractivity contribution >= 4 is 17.6 Å². The van der Waals surface area contributed by atoms with Crippen molar-refractivity contribution in [2.75, 3.05) is 5.73 Å². The third-order valence-corrected chi connectivity index (χ3v) is 3.26. The fourth-order valence-corrected chi connectivity index (χ4v) is 2.02. The molecule has 1 aromatic rings. The Labute approximate surface area is 111 Å². The highest BCUT2D eigenvalue weighted by Crippen LogP contribution is 2.19. The number of carbonyl (C=O) groups is 2. The molecule has 4 N–H and O–H groups in total. The van der Waals surface area contributed by atoms with Gasteiger partial charge in [0.15, 0.2) is 0 Å². The van der Waals surface area contributed by atoms with E-state index in [0.717, 1.165) is 5.56 Å². The summed E-state index contributed by atoms with van der Waals surface area (Å²) >= 11 is 0. The van der Waals surface area contributed by atoms with E-state index in [1.165, 1.54) is 0 Å². The number of hydrogen-bond donors (Lipinski definition) is 3. The number of nitrogens with one attached hydrogen (secondary N) is 1. The molecule has 1 aliphatic rings. The van der Waals surface area contributed by atoms with Crippen molar-refractivity contribution in [2.45, 2.75) is 19.4 Å². The van der Waals surface area contributed by atoms with Gasteiger partial charge >= 0.3 is 5.97 Å². The number of nitrogen functional groups attached to an aromatic ring is 1. The number of nitrogens with two attached hydrogens (primary N) is 1. The van der Waals surface area contributed by atoms with Crippen molar-refractivity contribution in [3.63, 3.8) is 0 Å². The summed E-state index contributed by atoms with van der Waals surface area (Å²) in [4.78, 5) is 22.8. The average molecular weight is 260 g/mol. The fraction of sp³-hybridized carbons (Fsp3) is 0.286. The van der Waals surface area contributed by atoms with E-state index in [4.69, 9.17) is 10.8 Å². The zero-order valence-corrected chi connectivity index (χ0v) is 10.6. The Bertz CT molecular complexity index is 552. The normalized spacial score (nSPS) is 21.3. The van der Waals surface area contributed by atoms with Gasteiger partial charge in [-0.15, -0.1) is 0 Å². The molecule has 0 spiro atoms. The highest BCUT2D eigenvalue weighted by atomic mass is 16.4. The Kier molecular flexibility index (Phi) is 3.55. The van der Waals surface area contributed by atoms with Crippen LogP contribution in [-0.2, 0) is 4.79 Å². The molecule has 0 heterocycles. The molecule has 1 aromatic carbocycles. The lowest BCUT2D eigenvalue weighted by Crippen LogP contribution is -2.33. The van der Waals surface area contributed by atoms with E-state index in [9.17, 15) is 9.59 Å². The fourth-order valence-electron chi connectivity index (χ4n) is 2.02. The van der Waals surface area contributed by atoms with Crippen molar-refractivity contribution in [2.24, 2.45) is 5.92 Å². The molecule has 2 rings (SSSR count). The second kappa shape index (κ2) is 5.14. The van der Waals surface area contributed by atoms with Gasteiger partial charge in [0.2, 0.25) is 0 Å². The Morgan fingerprint density at radius 1 is 1.37 bits per heavy atom. The van der Waals surface area contributed by atoms with E-state index in [1.807, 2.05) is 6.92 Å². The topological polar surface area (TPSA) is 92.4 Å². The molecule has 0 radical (unpaired) electrons. The van der Waals surface area contributed by atoms with Crippen LogP contribution >= 0.6 is 0 Å². The minimum atomic E-state index is -0.868. The number of amides is 1. The van der Waals surface area contributed by atoms with Gasteiger partial charge in [0.05, 0.1) is 5.92 Å². The first kappa shape index (κ1) is 13.1. The molecular weight excluding hydrogens is 244 g/mol. The summed E-state index contributed by atoms with van der Waals surface area (Å²) in [6, 6.07) is 4.87. The van der Waals surface area contributed by atoms with Crippen LogP contribution in [0.15, 0.2) is 30.4 Å². The van der Waals surface area contributed by atoms with Crippen LogP contribution in [0.5, 0.6) is 0 Å². The minimum Gasteiger partial charge on any atom is -0.481 e. The summed E-state index contributed by atoms with van der Waals surface area (Å²) in [6.07, 6.45) is 3.72. The number of rotatable bonds is 3. The number of anilines is 1. The van der Waals surface area contributed by atoms with Crippen molar-refractivity contribution in [3.05, 3.63) is 41.5 Å². The maximum Gasteiger partial charge on any atom is 0.310 e. The third-order valence-electron chi connectivity index (χ3n) is 3.26. The first-order chi connectivity index (χ1) is 8.97. The zero-order valence-electron chi connectivity index (χ0n) is 10.6. The zero-order chi connectivity index (χ0) is 14.0. The van der Waals surface area contributed by atoms with Gasteiger partial charge in [0, 0.05) is 17.3 Å². The predicted molar refractivity (Wildman–Crippen MR) is 71.7 cm³/mol. The van der Waals surface area contributed by atoms with Crippen LogP contribution in [0.25, 0.3) is 0 Å². The lowest BCUT2D eigenvalue weighted by Gasteiger charge is -2.12. The molecule has 1 aliphatic carbocycles. The molecule has 5 heteroatoms. The molecular formula is C14H16N2O3. The van der Waals surface area contributed by atoms with Crippen molar-refractivity contribution in [1.82, 2.24) is 5.32 Å². The molecule has 0 saturated carbocycles. The average Bonchev–Trinajstić information content (AvgIpc) is 2.81. The second-order valence-electron chi connectivity index (χ2n) is 4.72. The monoisotopic (exact) mass is 260 g/mol. The summed E-state index contributed by atoms with van der Waals surface area (Å²) in [5.41, 5.74) is 7.73. The van der Waals surface area contributed by atoms with Crippen molar-refractivity contribution in [1.29, 1.82) is 0 Å². The summed E-state index contributed by atoms with van der Waals surface area (Å²) in [6.45, 7) is 1.87. The van der Waals surface area contributed by atoms with Crippen LogP contribution < -0.4 is 11.1 Å². The number of hydrogen-bond acceptors (Lipinski definition) is 3. The van der Waals surface area contributed by atoms with Gasteiger partial charge in [-0.2, -0.15) is 0 Å². The van der Waals surface area contributed by atoms with E-state index in [1.54, 1.807) is 30.4 Å². The van der Waals surface area contributed by atoms with E-state index in [0.29, 0.717) is 17.7 Å². The molecule has 0 bridgehead atoms. The quantitative estimate of drug-likeness (QED) is 0.564. The largest absolute Gasteiger partial charge is 0.481 e. The first-order valence-electron chi connectivity index (χ1n) is 6.05. The third kappa shape index (κ3) is 2.93. The molecule has 1 amide bonds. The first-order valence-corrected chi connectivity index (χ1v) is 6.05. The molecule has 100 valence electrons. The maximum absolute atomic E-state index is 12.0. The lowest BCUT2D eigenvalue weighted by atomic mass is 10.1. The Morgan fingerprint density at radius 2 is 2.11 bits per heavy atom. The van der Waals surface area contributed by atoms with E-state index < -0.39 is 11.9 Å². The van der Waals surface area contributed by atoms with Crippen LogP contribution in [0.2, 0.25) is 0 Å². The predicted octanol–water partition coefficient (Wildman–Crippen LogP) is 1.34. The molecule has 2 atom stereocenters. The van der Waals surface area contributed by atoms with Gasteiger partial charge in [-0.1, -0.05) is 18.2 Å². The van der Waals surface area contributed by atoms with E-state index >= 15 is 0 Å². The summed E-state index contributed by atoms with van der Waals surface area (Å²) in [5, 5.41) is 11.7. The molecule has 0 aromatic heterocycles.